The highest BCUT2D eigenvalue weighted by molar-refractivity contribution is 7.92. The summed E-state index contributed by atoms with van der Waals surface area (Å²) < 4.78 is 69.2. The largest absolute Gasteiger partial charge is 0.417 e. The zero-order chi connectivity index (χ0) is 30.7. The number of nitrogens with one attached hydrogen (secondary N) is 1. The van der Waals surface area contributed by atoms with Gasteiger partial charge in [0, 0.05) is 13.6 Å². The van der Waals surface area contributed by atoms with E-state index in [2.05, 4.69) is 5.32 Å². The molecular formula is C27H25Cl3F3N3O4S. The lowest BCUT2D eigenvalue weighted by Gasteiger charge is -2.32. The molecule has 0 spiro atoms. The topological polar surface area (TPSA) is 86.8 Å². The number of nitrogens with zero attached hydrogens (tertiary/aromatic N) is 2. The zero-order valence-corrected chi connectivity index (χ0v) is 25.1. The van der Waals surface area contributed by atoms with Crippen LogP contribution >= 0.6 is 34.8 Å². The molecule has 0 saturated heterocycles. The molecule has 3 aromatic carbocycles. The number of rotatable bonds is 9. The molecule has 0 radical (unpaired) electrons. The van der Waals surface area contributed by atoms with E-state index >= 15 is 0 Å². The van der Waals surface area contributed by atoms with Gasteiger partial charge in [0.05, 0.1) is 31.2 Å². The minimum Gasteiger partial charge on any atom is -0.357 e. The lowest BCUT2D eigenvalue weighted by molar-refractivity contribution is -0.139. The summed E-state index contributed by atoms with van der Waals surface area (Å²) in [6.07, 6.45) is -4.90. The maximum absolute atomic E-state index is 13.8. The molecule has 1 N–H and O–H groups in total. The smallest absolute Gasteiger partial charge is 0.357 e. The molecule has 41 heavy (non-hydrogen) atoms. The third kappa shape index (κ3) is 7.65. The predicted molar refractivity (Wildman–Crippen MR) is 153 cm³/mol. The van der Waals surface area contributed by atoms with Crippen molar-refractivity contribution >= 4 is 62.3 Å². The molecule has 0 fully saturated rings. The van der Waals surface area contributed by atoms with Crippen LogP contribution in [0.5, 0.6) is 0 Å². The van der Waals surface area contributed by atoms with Gasteiger partial charge in [-0.15, -0.1) is 0 Å². The summed E-state index contributed by atoms with van der Waals surface area (Å²) in [6, 6.07) is 11.6. The predicted octanol–water partition coefficient (Wildman–Crippen LogP) is 6.33. The van der Waals surface area contributed by atoms with Crippen LogP contribution in [-0.4, -0.2) is 44.8 Å². The minimum absolute atomic E-state index is 0.183. The molecule has 0 aliphatic rings. The number of hydrogen-bond donors (Lipinski definition) is 1. The molecular weight excluding hydrogens is 626 g/mol. The fourth-order valence-corrected chi connectivity index (χ4v) is 5.83. The normalized spacial score (nSPS) is 12.5. The number of aryl methyl sites for hydroxylation is 1. The summed E-state index contributed by atoms with van der Waals surface area (Å²) >= 11 is 17.9. The molecule has 220 valence electrons. The molecule has 1 atom stereocenters. The molecule has 2 amide bonds. The lowest BCUT2D eigenvalue weighted by Crippen LogP contribution is -2.50. The number of hydrogen-bond acceptors (Lipinski definition) is 4. The van der Waals surface area contributed by atoms with E-state index in [0.29, 0.717) is 15.9 Å². The van der Waals surface area contributed by atoms with Crippen molar-refractivity contribution in [3.05, 3.63) is 92.4 Å². The fourth-order valence-electron chi connectivity index (χ4n) is 3.88. The van der Waals surface area contributed by atoms with Crippen molar-refractivity contribution in [2.24, 2.45) is 0 Å². The van der Waals surface area contributed by atoms with Crippen molar-refractivity contribution < 1.29 is 31.2 Å². The Hall–Kier alpha value is -2.99. The Morgan fingerprint density at radius 2 is 1.54 bits per heavy atom. The molecule has 7 nitrogen and oxygen atoms in total. The molecule has 3 aromatic rings. The Labute approximate surface area is 250 Å². The summed E-state index contributed by atoms with van der Waals surface area (Å²) in [5.41, 5.74) is -0.510. The van der Waals surface area contributed by atoms with Gasteiger partial charge >= 0.3 is 6.18 Å². The summed E-state index contributed by atoms with van der Waals surface area (Å²) in [6.45, 7) is 2.04. The van der Waals surface area contributed by atoms with Gasteiger partial charge in [0.15, 0.2) is 0 Å². The molecule has 0 unspecified atom stereocenters. The van der Waals surface area contributed by atoms with Crippen LogP contribution in [0.25, 0.3) is 0 Å². The summed E-state index contributed by atoms with van der Waals surface area (Å²) in [5.74, 6) is -1.43. The Balaban J connectivity index is 2.13. The molecule has 14 heteroatoms. The van der Waals surface area contributed by atoms with Crippen LogP contribution < -0.4 is 9.62 Å². The molecule has 0 saturated carbocycles. The van der Waals surface area contributed by atoms with Crippen LogP contribution in [0, 0.1) is 6.92 Å². The highest BCUT2D eigenvalue weighted by atomic mass is 35.5. The molecule has 0 heterocycles. The van der Waals surface area contributed by atoms with Crippen LogP contribution in [0.2, 0.25) is 15.1 Å². The average molecular weight is 651 g/mol. The van der Waals surface area contributed by atoms with Crippen molar-refractivity contribution in [2.75, 3.05) is 17.9 Å². The second-order valence-electron chi connectivity index (χ2n) is 9.05. The molecule has 0 bridgehead atoms. The second-order valence-corrected chi connectivity index (χ2v) is 12.1. The van der Waals surface area contributed by atoms with Crippen LogP contribution in [0.15, 0.2) is 65.6 Å². The van der Waals surface area contributed by atoms with E-state index in [1.54, 1.807) is 13.0 Å². The Morgan fingerprint density at radius 1 is 0.927 bits per heavy atom. The van der Waals surface area contributed by atoms with E-state index in [0.717, 1.165) is 22.6 Å². The number of carbonyl (C=O) groups excluding carboxylic acids is 2. The SMILES string of the molecule is CNC(=O)[C@H](C)N(Cc1ccc(Cl)c(Cl)c1)C(=O)CN(c1ccc(Cl)c(C(F)(F)F)c1)S(=O)(=O)c1ccc(C)cc1. The van der Waals surface area contributed by atoms with E-state index in [1.165, 1.54) is 50.4 Å². The van der Waals surface area contributed by atoms with Gasteiger partial charge in [-0.2, -0.15) is 13.2 Å². The van der Waals surface area contributed by atoms with Crippen molar-refractivity contribution in [1.82, 2.24) is 10.2 Å². The van der Waals surface area contributed by atoms with Crippen molar-refractivity contribution in [1.29, 1.82) is 0 Å². The third-order valence-electron chi connectivity index (χ3n) is 6.18. The van der Waals surface area contributed by atoms with Gasteiger partial charge in [0.1, 0.15) is 12.6 Å². The van der Waals surface area contributed by atoms with Crippen LogP contribution in [0.1, 0.15) is 23.6 Å². The molecule has 0 aliphatic heterocycles. The lowest BCUT2D eigenvalue weighted by atomic mass is 10.1. The van der Waals surface area contributed by atoms with Gasteiger partial charge in [-0.3, -0.25) is 13.9 Å². The molecule has 0 aromatic heterocycles. The van der Waals surface area contributed by atoms with Gasteiger partial charge in [-0.1, -0.05) is 58.6 Å². The quantitative estimate of drug-likeness (QED) is 0.293. The van der Waals surface area contributed by atoms with Crippen molar-refractivity contribution in [3.63, 3.8) is 0 Å². The van der Waals surface area contributed by atoms with Crippen molar-refractivity contribution in [3.8, 4) is 0 Å². The number of alkyl halides is 3. The number of carbonyl (C=O) groups is 2. The van der Waals surface area contributed by atoms with Gasteiger partial charge in [0.25, 0.3) is 10.0 Å². The van der Waals surface area contributed by atoms with Gasteiger partial charge < -0.3 is 10.2 Å². The van der Waals surface area contributed by atoms with E-state index in [4.69, 9.17) is 34.8 Å². The second kappa shape index (κ2) is 12.9. The van der Waals surface area contributed by atoms with E-state index in [-0.39, 0.29) is 21.5 Å². The standard InChI is InChI=1S/C27H25Cl3F3N3O4S/c1-16-4-8-20(9-5-16)41(39,40)36(19-7-11-22(28)21(13-19)27(31,32)33)15-25(37)35(17(2)26(38)34-3)14-18-6-10-23(29)24(30)12-18/h4-13,17H,14-15H2,1-3H3,(H,34,38)/t17-/m0/s1. The highest BCUT2D eigenvalue weighted by Crippen LogP contribution is 2.38. The zero-order valence-electron chi connectivity index (χ0n) is 22.0. The first-order valence-corrected chi connectivity index (χ1v) is 14.5. The maximum atomic E-state index is 13.8. The molecule has 0 aliphatic carbocycles. The number of benzene rings is 3. The summed E-state index contributed by atoms with van der Waals surface area (Å²) in [5, 5.41) is 2.23. The van der Waals surface area contributed by atoms with Crippen molar-refractivity contribution in [2.45, 2.75) is 37.5 Å². The van der Waals surface area contributed by atoms with E-state index in [9.17, 15) is 31.2 Å². The summed E-state index contributed by atoms with van der Waals surface area (Å²) in [4.78, 5) is 27.1. The number of halogens is 6. The maximum Gasteiger partial charge on any atom is 0.417 e. The Morgan fingerprint density at radius 3 is 2.10 bits per heavy atom. The van der Waals surface area contributed by atoms with Gasteiger partial charge in [-0.25, -0.2) is 8.42 Å². The molecule has 3 rings (SSSR count). The van der Waals surface area contributed by atoms with Crippen LogP contribution in [-0.2, 0) is 32.3 Å². The van der Waals surface area contributed by atoms with E-state index in [1.807, 2.05) is 0 Å². The third-order valence-corrected chi connectivity index (χ3v) is 9.04. The minimum atomic E-state index is -4.90. The highest BCUT2D eigenvalue weighted by Gasteiger charge is 2.37. The summed E-state index contributed by atoms with van der Waals surface area (Å²) in [7, 11) is -3.21. The first-order chi connectivity index (χ1) is 19.1. The fraction of sp³-hybridized carbons (Fsp3) is 0.259. The van der Waals surface area contributed by atoms with Crippen LogP contribution in [0.4, 0.5) is 18.9 Å². The Bertz CT molecular complexity index is 1550. The number of amides is 2. The number of anilines is 1. The first-order valence-electron chi connectivity index (χ1n) is 12.0. The monoisotopic (exact) mass is 649 g/mol. The number of sulfonamides is 1. The first kappa shape index (κ1) is 32.5. The Kier molecular flexibility index (Phi) is 10.2. The number of likely N-dealkylation sites (N-methyl/N-ethyl adjacent to an activating group) is 1. The average Bonchev–Trinajstić information content (AvgIpc) is 2.91. The van der Waals surface area contributed by atoms with Gasteiger partial charge in [-0.05, 0) is 61.9 Å². The van der Waals surface area contributed by atoms with Crippen LogP contribution in [0.3, 0.4) is 0 Å². The van der Waals surface area contributed by atoms with E-state index < -0.39 is 56.9 Å². The van der Waals surface area contributed by atoms with Gasteiger partial charge in [0.2, 0.25) is 11.8 Å².